The van der Waals surface area contributed by atoms with Gasteiger partial charge in [-0.1, -0.05) is 30.7 Å². The summed E-state index contributed by atoms with van der Waals surface area (Å²) < 4.78 is 36.8. The van der Waals surface area contributed by atoms with Crippen LogP contribution < -0.4 is 19.1 Å². The molecule has 0 radical (unpaired) electrons. The zero-order valence-electron chi connectivity index (χ0n) is 16.4. The highest BCUT2D eigenvalue weighted by Crippen LogP contribution is 2.32. The van der Waals surface area contributed by atoms with Gasteiger partial charge in [-0.25, -0.2) is 8.42 Å². The zero-order valence-corrected chi connectivity index (χ0v) is 18.0. The Hall–Kier alpha value is -2.45. The summed E-state index contributed by atoms with van der Waals surface area (Å²) in [5, 5.41) is 3.25. The van der Waals surface area contributed by atoms with E-state index in [0.29, 0.717) is 28.6 Å². The van der Waals surface area contributed by atoms with Gasteiger partial charge in [0.25, 0.3) is 0 Å². The van der Waals surface area contributed by atoms with Gasteiger partial charge in [-0.05, 0) is 48.7 Å². The number of aryl methyl sites for hydroxylation is 1. The predicted molar refractivity (Wildman–Crippen MR) is 112 cm³/mol. The van der Waals surface area contributed by atoms with Gasteiger partial charge in [-0.2, -0.15) is 0 Å². The summed E-state index contributed by atoms with van der Waals surface area (Å²) in [5.74, 6) is 0.883. The maximum Gasteiger partial charge on any atom is 0.244 e. The molecule has 156 valence electrons. The Balaban J connectivity index is 1.80. The standard InChI is InChI=1S/C20H23ClN2O5S/c1-4-17(23(29(3,25)26)15-7-5-13(2)16(21)10-15)20(24)22-11-14-6-8-18-19(9-14)28-12-27-18/h5-10,17H,4,11-12H2,1-3H3,(H,22,24). The largest absolute Gasteiger partial charge is 0.454 e. The van der Waals surface area contributed by atoms with E-state index < -0.39 is 22.0 Å². The van der Waals surface area contributed by atoms with Crippen LogP contribution in [0.3, 0.4) is 0 Å². The molecule has 9 heteroatoms. The van der Waals surface area contributed by atoms with Crippen molar-refractivity contribution in [1.29, 1.82) is 0 Å². The molecule has 0 spiro atoms. The zero-order chi connectivity index (χ0) is 21.2. The van der Waals surface area contributed by atoms with E-state index in [-0.39, 0.29) is 13.3 Å². The minimum atomic E-state index is -3.72. The first-order valence-electron chi connectivity index (χ1n) is 9.12. The van der Waals surface area contributed by atoms with E-state index in [4.69, 9.17) is 21.1 Å². The van der Waals surface area contributed by atoms with Crippen LogP contribution in [0.2, 0.25) is 5.02 Å². The van der Waals surface area contributed by atoms with E-state index in [1.165, 1.54) is 0 Å². The number of rotatable bonds is 7. The number of carbonyl (C=O) groups is 1. The van der Waals surface area contributed by atoms with Gasteiger partial charge in [0.1, 0.15) is 6.04 Å². The van der Waals surface area contributed by atoms with Crippen molar-refractivity contribution >= 4 is 33.2 Å². The third-order valence-corrected chi connectivity index (χ3v) is 6.23. The molecule has 7 nitrogen and oxygen atoms in total. The maximum atomic E-state index is 12.9. The highest BCUT2D eigenvalue weighted by atomic mass is 35.5. The van der Waals surface area contributed by atoms with Crippen molar-refractivity contribution in [1.82, 2.24) is 5.32 Å². The van der Waals surface area contributed by atoms with Crippen LogP contribution in [0.15, 0.2) is 36.4 Å². The molecule has 29 heavy (non-hydrogen) atoms. The van der Waals surface area contributed by atoms with Crippen molar-refractivity contribution in [2.45, 2.75) is 32.9 Å². The van der Waals surface area contributed by atoms with Crippen molar-refractivity contribution in [3.8, 4) is 11.5 Å². The second-order valence-corrected chi connectivity index (χ2v) is 9.09. The van der Waals surface area contributed by atoms with Crippen LogP contribution in [-0.2, 0) is 21.4 Å². The monoisotopic (exact) mass is 438 g/mol. The molecule has 1 unspecified atom stereocenters. The van der Waals surface area contributed by atoms with E-state index in [9.17, 15) is 13.2 Å². The number of nitrogens with one attached hydrogen (secondary N) is 1. The molecular formula is C20H23ClN2O5S. The number of fused-ring (bicyclic) bond motifs is 1. The Morgan fingerprint density at radius 1 is 1.21 bits per heavy atom. The van der Waals surface area contributed by atoms with Crippen molar-refractivity contribution < 1.29 is 22.7 Å². The SMILES string of the molecule is CCC(C(=O)NCc1ccc2c(c1)OCO2)N(c1ccc(C)c(Cl)c1)S(C)(=O)=O. The average Bonchev–Trinajstić information content (AvgIpc) is 3.13. The van der Waals surface area contributed by atoms with Gasteiger partial charge in [0, 0.05) is 11.6 Å². The predicted octanol–water partition coefficient (Wildman–Crippen LogP) is 3.24. The normalized spacial score (nSPS) is 13.8. The van der Waals surface area contributed by atoms with E-state index in [2.05, 4.69) is 5.32 Å². The van der Waals surface area contributed by atoms with Crippen molar-refractivity contribution in [3.63, 3.8) is 0 Å². The van der Waals surface area contributed by atoms with E-state index >= 15 is 0 Å². The summed E-state index contributed by atoms with van der Waals surface area (Å²) in [4.78, 5) is 12.9. The number of anilines is 1. The molecule has 0 aromatic heterocycles. The smallest absolute Gasteiger partial charge is 0.244 e. The molecule has 1 aliphatic rings. The van der Waals surface area contributed by atoms with Crippen LogP contribution in [0, 0.1) is 6.92 Å². The first kappa shape index (κ1) is 21.3. The van der Waals surface area contributed by atoms with Gasteiger partial charge in [-0.15, -0.1) is 0 Å². The molecule has 0 saturated heterocycles. The Labute approximate surface area is 175 Å². The molecule has 0 aliphatic carbocycles. The molecular weight excluding hydrogens is 416 g/mol. The van der Waals surface area contributed by atoms with Crippen LogP contribution in [0.25, 0.3) is 0 Å². The molecule has 1 heterocycles. The Morgan fingerprint density at radius 3 is 2.59 bits per heavy atom. The summed E-state index contributed by atoms with van der Waals surface area (Å²) in [5.41, 5.74) is 2.00. The molecule has 1 aliphatic heterocycles. The maximum absolute atomic E-state index is 12.9. The molecule has 3 rings (SSSR count). The fraction of sp³-hybridized carbons (Fsp3) is 0.350. The minimum Gasteiger partial charge on any atom is -0.454 e. The number of carbonyl (C=O) groups excluding carboxylic acids is 1. The summed E-state index contributed by atoms with van der Waals surface area (Å²) in [6.45, 7) is 3.99. The lowest BCUT2D eigenvalue weighted by molar-refractivity contribution is -0.122. The highest BCUT2D eigenvalue weighted by molar-refractivity contribution is 7.92. The number of hydrogen-bond acceptors (Lipinski definition) is 5. The molecule has 0 bridgehead atoms. The third-order valence-electron chi connectivity index (χ3n) is 4.64. The lowest BCUT2D eigenvalue weighted by atomic mass is 10.1. The van der Waals surface area contributed by atoms with Gasteiger partial charge in [0.15, 0.2) is 11.5 Å². The van der Waals surface area contributed by atoms with Crippen LogP contribution in [0.1, 0.15) is 24.5 Å². The van der Waals surface area contributed by atoms with Crippen LogP contribution in [0.5, 0.6) is 11.5 Å². The number of amides is 1. The second-order valence-electron chi connectivity index (χ2n) is 6.82. The topological polar surface area (TPSA) is 84.9 Å². The molecule has 2 aromatic rings. The van der Waals surface area contributed by atoms with Crippen molar-refractivity contribution in [3.05, 3.63) is 52.5 Å². The first-order chi connectivity index (χ1) is 13.7. The second kappa shape index (κ2) is 8.51. The number of nitrogens with zero attached hydrogens (tertiary/aromatic N) is 1. The number of hydrogen-bond donors (Lipinski definition) is 1. The average molecular weight is 439 g/mol. The van der Waals surface area contributed by atoms with Gasteiger partial charge in [0.2, 0.25) is 22.7 Å². The first-order valence-corrected chi connectivity index (χ1v) is 11.3. The van der Waals surface area contributed by atoms with Crippen LogP contribution in [-0.4, -0.2) is 33.4 Å². The van der Waals surface area contributed by atoms with Gasteiger partial charge < -0.3 is 14.8 Å². The lowest BCUT2D eigenvalue weighted by Gasteiger charge is -2.30. The molecule has 1 atom stereocenters. The number of benzene rings is 2. The van der Waals surface area contributed by atoms with Crippen LogP contribution in [0.4, 0.5) is 5.69 Å². The molecule has 1 amide bonds. The number of halogens is 1. The van der Waals surface area contributed by atoms with E-state index in [0.717, 1.165) is 21.7 Å². The number of ether oxygens (including phenoxy) is 2. The summed E-state index contributed by atoms with van der Waals surface area (Å²) in [7, 11) is -3.72. The molecule has 1 N–H and O–H groups in total. The fourth-order valence-corrected chi connectivity index (χ4v) is 4.52. The third kappa shape index (κ3) is 4.76. The van der Waals surface area contributed by atoms with Crippen molar-refractivity contribution in [2.75, 3.05) is 17.4 Å². The fourth-order valence-electron chi connectivity index (χ4n) is 3.14. The quantitative estimate of drug-likeness (QED) is 0.717. The Morgan fingerprint density at radius 2 is 1.93 bits per heavy atom. The Bertz CT molecular complexity index is 1030. The van der Waals surface area contributed by atoms with Gasteiger partial charge in [-0.3, -0.25) is 9.10 Å². The van der Waals surface area contributed by atoms with E-state index in [1.807, 2.05) is 13.0 Å². The lowest BCUT2D eigenvalue weighted by Crippen LogP contribution is -2.49. The van der Waals surface area contributed by atoms with Gasteiger partial charge >= 0.3 is 0 Å². The number of sulfonamides is 1. The van der Waals surface area contributed by atoms with Crippen molar-refractivity contribution in [2.24, 2.45) is 0 Å². The molecule has 2 aromatic carbocycles. The Kier molecular flexibility index (Phi) is 6.24. The summed E-state index contributed by atoms with van der Waals surface area (Å²) >= 11 is 6.18. The summed E-state index contributed by atoms with van der Waals surface area (Å²) in [6.07, 6.45) is 1.38. The van der Waals surface area contributed by atoms with Gasteiger partial charge in [0.05, 0.1) is 11.9 Å². The molecule has 0 fully saturated rings. The summed E-state index contributed by atoms with van der Waals surface area (Å²) in [6, 6.07) is 9.42. The highest BCUT2D eigenvalue weighted by Gasteiger charge is 2.31. The van der Waals surface area contributed by atoms with E-state index in [1.54, 1.807) is 37.3 Å². The molecule has 0 saturated carbocycles. The van der Waals surface area contributed by atoms with Crippen LogP contribution >= 0.6 is 11.6 Å². The minimum absolute atomic E-state index is 0.172.